The molecule has 1 aromatic carbocycles. The molecule has 0 fully saturated rings. The smallest absolute Gasteiger partial charge is 0.337 e. The minimum atomic E-state index is -1.17. The van der Waals surface area contributed by atoms with Crippen molar-refractivity contribution in [2.75, 3.05) is 5.32 Å². The van der Waals surface area contributed by atoms with Crippen LogP contribution in [-0.4, -0.2) is 17.0 Å². The molecule has 0 spiro atoms. The Bertz CT molecular complexity index is 666. The third kappa shape index (κ3) is 2.98. The van der Waals surface area contributed by atoms with Crippen molar-refractivity contribution in [3.63, 3.8) is 0 Å². The maximum Gasteiger partial charge on any atom is 0.337 e. The average Bonchev–Trinajstić information content (AvgIpc) is 2.87. The van der Waals surface area contributed by atoms with Gasteiger partial charge >= 0.3 is 5.97 Å². The molecule has 0 aliphatic rings. The van der Waals surface area contributed by atoms with Gasteiger partial charge in [0.1, 0.15) is 5.76 Å². The molecule has 2 aromatic rings. The lowest BCUT2D eigenvalue weighted by Crippen LogP contribution is -2.14. The van der Waals surface area contributed by atoms with Crippen LogP contribution in [0.4, 0.5) is 5.69 Å². The minimum absolute atomic E-state index is 0.0433. The normalized spacial score (nSPS) is 10.3. The molecule has 0 saturated heterocycles. The van der Waals surface area contributed by atoms with Gasteiger partial charge in [-0.05, 0) is 30.3 Å². The number of halogens is 1. The summed E-state index contributed by atoms with van der Waals surface area (Å²) in [7, 11) is 0. The lowest BCUT2D eigenvalue weighted by molar-refractivity contribution is 0.0698. The molecule has 1 aromatic heterocycles. The Kier molecular flexibility index (Phi) is 4.07. The predicted molar refractivity (Wildman–Crippen MR) is 73.0 cm³/mol. The van der Waals surface area contributed by atoms with E-state index in [1.165, 1.54) is 24.3 Å². The van der Waals surface area contributed by atoms with E-state index in [1.54, 1.807) is 6.07 Å². The van der Waals surface area contributed by atoms with Gasteiger partial charge < -0.3 is 20.6 Å². The topological polar surface area (TPSA) is 106 Å². The summed E-state index contributed by atoms with van der Waals surface area (Å²) in [6.07, 6.45) is 0. The first-order valence-electron chi connectivity index (χ1n) is 5.64. The van der Waals surface area contributed by atoms with Crippen molar-refractivity contribution in [3.05, 3.63) is 52.4 Å². The molecule has 0 aliphatic carbocycles. The first-order chi connectivity index (χ1) is 9.51. The first kappa shape index (κ1) is 14.1. The fourth-order valence-corrected chi connectivity index (χ4v) is 1.77. The molecule has 0 atom stereocenters. The first-order valence-corrected chi connectivity index (χ1v) is 6.02. The number of rotatable bonds is 4. The number of amides is 1. The van der Waals surface area contributed by atoms with Crippen LogP contribution in [-0.2, 0) is 6.54 Å². The zero-order valence-corrected chi connectivity index (χ0v) is 11.0. The van der Waals surface area contributed by atoms with Gasteiger partial charge in [0.05, 0.1) is 17.8 Å². The SMILES string of the molecule is NCc1ccc(C(=O)Nc2cc(Cl)ccc2C(=O)O)o1. The minimum Gasteiger partial charge on any atom is -0.478 e. The van der Waals surface area contributed by atoms with Crippen LogP contribution in [0.5, 0.6) is 0 Å². The van der Waals surface area contributed by atoms with Gasteiger partial charge in [-0.2, -0.15) is 0 Å². The van der Waals surface area contributed by atoms with E-state index in [-0.39, 0.29) is 23.6 Å². The van der Waals surface area contributed by atoms with E-state index in [0.717, 1.165) is 0 Å². The van der Waals surface area contributed by atoms with Crippen LogP contribution in [0.1, 0.15) is 26.7 Å². The van der Waals surface area contributed by atoms with Crippen LogP contribution >= 0.6 is 11.6 Å². The molecular weight excluding hydrogens is 284 g/mol. The summed E-state index contributed by atoms with van der Waals surface area (Å²) < 4.78 is 5.18. The average molecular weight is 295 g/mol. The van der Waals surface area contributed by atoms with Crippen molar-refractivity contribution in [1.82, 2.24) is 0 Å². The lowest BCUT2D eigenvalue weighted by atomic mass is 10.1. The highest BCUT2D eigenvalue weighted by Crippen LogP contribution is 2.22. The summed E-state index contributed by atoms with van der Waals surface area (Å²) in [4.78, 5) is 23.0. The number of carbonyl (C=O) groups excluding carboxylic acids is 1. The summed E-state index contributed by atoms with van der Waals surface area (Å²) in [5.74, 6) is -1.24. The Morgan fingerprint density at radius 1 is 1.30 bits per heavy atom. The molecular formula is C13H11ClN2O4. The van der Waals surface area contributed by atoms with Gasteiger partial charge in [-0.3, -0.25) is 4.79 Å². The third-order valence-corrected chi connectivity index (χ3v) is 2.78. The number of nitrogens with two attached hydrogens (primary N) is 1. The van der Waals surface area contributed by atoms with E-state index in [2.05, 4.69) is 5.32 Å². The largest absolute Gasteiger partial charge is 0.478 e. The molecule has 104 valence electrons. The van der Waals surface area contributed by atoms with Crippen LogP contribution in [0.3, 0.4) is 0 Å². The number of aromatic carboxylic acids is 1. The highest BCUT2D eigenvalue weighted by Gasteiger charge is 2.16. The molecule has 7 heteroatoms. The fourth-order valence-electron chi connectivity index (χ4n) is 1.60. The monoisotopic (exact) mass is 294 g/mol. The Hall–Kier alpha value is -2.31. The summed E-state index contributed by atoms with van der Waals surface area (Å²) in [6.45, 7) is 0.171. The second-order valence-electron chi connectivity index (χ2n) is 3.92. The number of carboxylic acids is 1. The molecule has 2 rings (SSSR count). The Balaban J connectivity index is 2.27. The van der Waals surface area contributed by atoms with Crippen LogP contribution < -0.4 is 11.1 Å². The zero-order valence-electron chi connectivity index (χ0n) is 10.2. The molecule has 0 bridgehead atoms. The number of hydrogen-bond donors (Lipinski definition) is 3. The Morgan fingerprint density at radius 3 is 2.65 bits per heavy atom. The van der Waals surface area contributed by atoms with Gasteiger partial charge in [0.15, 0.2) is 5.76 Å². The molecule has 1 amide bonds. The number of carboxylic acid groups (broad SMARTS) is 1. The predicted octanol–water partition coefficient (Wildman–Crippen LogP) is 2.34. The lowest BCUT2D eigenvalue weighted by Gasteiger charge is -2.07. The standard InChI is InChI=1S/C13H11ClN2O4/c14-7-1-3-9(13(18)19)10(5-7)16-12(17)11-4-2-8(6-15)20-11/h1-5H,6,15H2,(H,16,17)(H,18,19). The van der Waals surface area contributed by atoms with E-state index in [1.807, 2.05) is 0 Å². The van der Waals surface area contributed by atoms with Crippen molar-refractivity contribution in [3.8, 4) is 0 Å². The second kappa shape index (κ2) is 5.77. The van der Waals surface area contributed by atoms with Gasteiger partial charge in [-0.1, -0.05) is 11.6 Å². The van der Waals surface area contributed by atoms with Crippen molar-refractivity contribution in [1.29, 1.82) is 0 Å². The second-order valence-corrected chi connectivity index (χ2v) is 4.36. The van der Waals surface area contributed by atoms with Crippen molar-refractivity contribution < 1.29 is 19.1 Å². The molecule has 0 saturated carbocycles. The highest BCUT2D eigenvalue weighted by atomic mass is 35.5. The molecule has 20 heavy (non-hydrogen) atoms. The van der Waals surface area contributed by atoms with E-state index in [4.69, 9.17) is 26.9 Å². The van der Waals surface area contributed by atoms with Gasteiger partial charge in [0.2, 0.25) is 0 Å². The fraction of sp³-hybridized carbons (Fsp3) is 0.0769. The molecule has 0 unspecified atom stereocenters. The van der Waals surface area contributed by atoms with Crippen LogP contribution in [0.25, 0.3) is 0 Å². The summed E-state index contributed by atoms with van der Waals surface area (Å²) in [6, 6.07) is 7.14. The summed E-state index contributed by atoms with van der Waals surface area (Å²) >= 11 is 5.79. The Labute approximate surface area is 119 Å². The van der Waals surface area contributed by atoms with E-state index >= 15 is 0 Å². The van der Waals surface area contributed by atoms with Crippen LogP contribution in [0.15, 0.2) is 34.7 Å². The molecule has 0 aliphatic heterocycles. The summed E-state index contributed by atoms with van der Waals surface area (Å²) in [5.41, 5.74) is 5.42. The van der Waals surface area contributed by atoms with Gasteiger partial charge in [0, 0.05) is 5.02 Å². The molecule has 4 N–H and O–H groups in total. The van der Waals surface area contributed by atoms with Crippen LogP contribution in [0, 0.1) is 0 Å². The number of hydrogen-bond acceptors (Lipinski definition) is 4. The van der Waals surface area contributed by atoms with Crippen LogP contribution in [0.2, 0.25) is 5.02 Å². The molecule has 1 heterocycles. The van der Waals surface area contributed by atoms with Gasteiger partial charge in [-0.15, -0.1) is 0 Å². The van der Waals surface area contributed by atoms with E-state index in [0.29, 0.717) is 10.8 Å². The van der Waals surface area contributed by atoms with E-state index in [9.17, 15) is 9.59 Å². The van der Waals surface area contributed by atoms with Crippen molar-refractivity contribution in [2.24, 2.45) is 5.73 Å². The quantitative estimate of drug-likeness (QED) is 0.802. The number of benzene rings is 1. The number of carbonyl (C=O) groups is 2. The Morgan fingerprint density at radius 2 is 2.05 bits per heavy atom. The summed E-state index contributed by atoms with van der Waals surface area (Å²) in [5, 5.41) is 11.8. The highest BCUT2D eigenvalue weighted by molar-refractivity contribution is 6.31. The van der Waals surface area contributed by atoms with Gasteiger partial charge in [-0.25, -0.2) is 4.79 Å². The maximum absolute atomic E-state index is 11.9. The number of anilines is 1. The van der Waals surface area contributed by atoms with E-state index < -0.39 is 11.9 Å². The number of furan rings is 1. The van der Waals surface area contributed by atoms with Crippen molar-refractivity contribution in [2.45, 2.75) is 6.54 Å². The third-order valence-electron chi connectivity index (χ3n) is 2.55. The van der Waals surface area contributed by atoms with Crippen molar-refractivity contribution >= 4 is 29.2 Å². The molecule has 0 radical (unpaired) electrons. The molecule has 6 nitrogen and oxygen atoms in total. The zero-order chi connectivity index (χ0) is 14.7. The maximum atomic E-state index is 11.9. The van der Waals surface area contributed by atoms with Gasteiger partial charge in [0.25, 0.3) is 5.91 Å². The number of nitrogens with one attached hydrogen (secondary N) is 1.